The van der Waals surface area contributed by atoms with E-state index in [2.05, 4.69) is 10.6 Å². The molecule has 0 aliphatic heterocycles. The number of para-hydroxylation sites is 1. The molecule has 0 spiro atoms. The van der Waals surface area contributed by atoms with Crippen LogP contribution in [0.15, 0.2) is 59.4 Å². The van der Waals surface area contributed by atoms with Crippen molar-refractivity contribution in [3.63, 3.8) is 0 Å². The number of hydrogen-bond donors (Lipinski definition) is 2. The summed E-state index contributed by atoms with van der Waals surface area (Å²) in [7, 11) is 1.75. The smallest absolute Gasteiger partial charge is 0.338 e. The second-order valence-electron chi connectivity index (χ2n) is 8.06. The summed E-state index contributed by atoms with van der Waals surface area (Å²) in [5.41, 5.74) is 2.12. The zero-order valence-electron chi connectivity index (χ0n) is 20.0. The number of ether oxygens (including phenoxy) is 1. The highest BCUT2D eigenvalue weighted by molar-refractivity contribution is 8.00. The van der Waals surface area contributed by atoms with Crippen LogP contribution in [0.4, 0.5) is 11.4 Å². The molecule has 9 nitrogen and oxygen atoms in total. The van der Waals surface area contributed by atoms with Crippen molar-refractivity contribution in [1.82, 2.24) is 9.36 Å². The Balaban J connectivity index is 1.51. The Labute approximate surface area is 207 Å². The number of nitrogens with one attached hydrogen (secondary N) is 2. The number of esters is 1. The molecule has 0 atom stereocenters. The minimum absolute atomic E-state index is 0.00646. The first-order valence-electron chi connectivity index (χ1n) is 11.0. The van der Waals surface area contributed by atoms with Gasteiger partial charge in [-0.25, -0.2) is 9.48 Å². The number of carbonyl (C=O) groups excluding carboxylic acids is 3. The molecule has 10 heteroatoms. The van der Waals surface area contributed by atoms with Crippen LogP contribution >= 0.6 is 11.8 Å². The predicted octanol–water partition coefficient (Wildman–Crippen LogP) is 3.36. The fourth-order valence-corrected chi connectivity index (χ4v) is 3.91. The molecule has 0 saturated heterocycles. The van der Waals surface area contributed by atoms with Crippen LogP contribution in [0, 0.1) is 6.92 Å². The van der Waals surface area contributed by atoms with E-state index in [4.69, 9.17) is 4.74 Å². The van der Waals surface area contributed by atoms with Crippen LogP contribution in [0.1, 0.15) is 29.9 Å². The lowest BCUT2D eigenvalue weighted by Crippen LogP contribution is -2.24. The highest BCUT2D eigenvalue weighted by Gasteiger charge is 2.18. The molecule has 0 unspecified atom stereocenters. The van der Waals surface area contributed by atoms with Crippen molar-refractivity contribution in [3.05, 3.63) is 76.2 Å². The van der Waals surface area contributed by atoms with Gasteiger partial charge in [-0.05, 0) is 57.2 Å². The normalized spacial score (nSPS) is 10.8. The van der Waals surface area contributed by atoms with Gasteiger partial charge in [-0.2, -0.15) is 0 Å². The molecule has 0 bridgehead atoms. The van der Waals surface area contributed by atoms with Gasteiger partial charge in [0.05, 0.1) is 34.6 Å². The quantitative estimate of drug-likeness (QED) is 0.440. The summed E-state index contributed by atoms with van der Waals surface area (Å²) in [6.07, 6.45) is -0.216. The number of carbonyl (C=O) groups is 3. The van der Waals surface area contributed by atoms with E-state index >= 15 is 0 Å². The molecule has 0 saturated carbocycles. The van der Waals surface area contributed by atoms with Gasteiger partial charge in [0.25, 0.3) is 5.56 Å². The van der Waals surface area contributed by atoms with E-state index in [0.717, 1.165) is 11.8 Å². The number of rotatable bonds is 9. The summed E-state index contributed by atoms with van der Waals surface area (Å²) in [5, 5.41) is 5.39. The molecule has 0 fully saturated rings. The second-order valence-corrected chi connectivity index (χ2v) is 9.04. The fraction of sp³-hybridized carbons (Fsp3) is 0.280. The van der Waals surface area contributed by atoms with E-state index in [9.17, 15) is 19.2 Å². The van der Waals surface area contributed by atoms with Crippen molar-refractivity contribution in [2.45, 2.75) is 26.9 Å². The van der Waals surface area contributed by atoms with Gasteiger partial charge in [0.2, 0.25) is 11.8 Å². The van der Waals surface area contributed by atoms with Crippen molar-refractivity contribution in [2.24, 2.45) is 7.05 Å². The fourth-order valence-electron chi connectivity index (χ4n) is 3.29. The van der Waals surface area contributed by atoms with Crippen molar-refractivity contribution in [2.75, 3.05) is 22.1 Å². The maximum Gasteiger partial charge on any atom is 0.338 e. The van der Waals surface area contributed by atoms with Gasteiger partial charge < -0.3 is 15.4 Å². The van der Waals surface area contributed by atoms with Gasteiger partial charge in [-0.1, -0.05) is 18.2 Å². The molecule has 3 aromatic rings. The van der Waals surface area contributed by atoms with Crippen molar-refractivity contribution in [3.8, 4) is 5.69 Å². The van der Waals surface area contributed by atoms with Crippen LogP contribution in [0.5, 0.6) is 0 Å². The minimum Gasteiger partial charge on any atom is -0.459 e. The molecule has 2 N–H and O–H groups in total. The summed E-state index contributed by atoms with van der Waals surface area (Å²) in [6.45, 7) is 5.29. The molecule has 0 radical (unpaired) electrons. The molecule has 1 heterocycles. The summed E-state index contributed by atoms with van der Waals surface area (Å²) in [4.78, 5) is 49.4. The third-order valence-electron chi connectivity index (χ3n) is 5.03. The first-order chi connectivity index (χ1) is 16.7. The van der Waals surface area contributed by atoms with Crippen LogP contribution in [-0.2, 0) is 21.4 Å². The van der Waals surface area contributed by atoms with Crippen molar-refractivity contribution >= 4 is 40.9 Å². The van der Waals surface area contributed by atoms with Gasteiger partial charge in [0.15, 0.2) is 0 Å². The number of amides is 2. The third kappa shape index (κ3) is 6.63. The zero-order chi connectivity index (χ0) is 25.5. The van der Waals surface area contributed by atoms with Gasteiger partial charge in [-0.3, -0.25) is 19.1 Å². The maximum atomic E-state index is 12.9. The Morgan fingerprint density at radius 1 is 0.943 bits per heavy atom. The number of hydrogen-bond acceptors (Lipinski definition) is 6. The standard InChI is InChI=1S/C25H28N4O5S/c1-16(2)34-25(33)18-10-12-19(13-11-18)26-21(30)14-35-15-22(31)27-23-17(3)28(4)29(24(23)32)20-8-6-5-7-9-20/h5-13,16H,14-15H2,1-4H3,(H,26,30)(H,27,31). The van der Waals surface area contributed by atoms with Crippen LogP contribution in [0.2, 0.25) is 0 Å². The van der Waals surface area contributed by atoms with E-state index < -0.39 is 5.97 Å². The monoisotopic (exact) mass is 496 g/mol. The molecular formula is C25H28N4O5S. The van der Waals surface area contributed by atoms with Crippen LogP contribution in [-0.4, -0.2) is 44.8 Å². The number of aromatic nitrogens is 2. The Morgan fingerprint density at radius 3 is 2.14 bits per heavy atom. The Hall–Kier alpha value is -3.79. The summed E-state index contributed by atoms with van der Waals surface area (Å²) in [5.74, 6) is -1.04. The lowest BCUT2D eigenvalue weighted by atomic mass is 10.2. The van der Waals surface area contributed by atoms with Gasteiger partial charge in [-0.15, -0.1) is 11.8 Å². The van der Waals surface area contributed by atoms with E-state index in [1.807, 2.05) is 30.3 Å². The second kappa shape index (κ2) is 11.6. The predicted molar refractivity (Wildman–Crippen MR) is 137 cm³/mol. The number of benzene rings is 2. The van der Waals surface area contributed by atoms with Gasteiger partial charge >= 0.3 is 5.97 Å². The highest BCUT2D eigenvalue weighted by Crippen LogP contribution is 2.15. The molecule has 0 aliphatic rings. The lowest BCUT2D eigenvalue weighted by Gasteiger charge is -2.09. The SMILES string of the molecule is Cc1c(NC(=O)CSCC(=O)Nc2ccc(C(=O)OC(C)C)cc2)c(=O)n(-c2ccccc2)n1C. The first kappa shape index (κ1) is 25.8. The molecule has 0 aliphatic carbocycles. The van der Waals surface area contributed by atoms with E-state index in [-0.39, 0.29) is 40.7 Å². The van der Waals surface area contributed by atoms with E-state index in [1.54, 1.807) is 56.8 Å². The number of thioether (sulfide) groups is 1. The summed E-state index contributed by atoms with van der Waals surface area (Å²) in [6, 6.07) is 15.5. The van der Waals surface area contributed by atoms with Crippen LogP contribution in [0.25, 0.3) is 5.69 Å². The molecule has 2 amide bonds. The lowest BCUT2D eigenvalue weighted by molar-refractivity contribution is -0.114. The zero-order valence-corrected chi connectivity index (χ0v) is 20.8. The average molecular weight is 497 g/mol. The number of anilines is 2. The average Bonchev–Trinajstić information content (AvgIpc) is 3.02. The number of nitrogens with zero attached hydrogens (tertiary/aromatic N) is 2. The molecule has 184 valence electrons. The molecule has 1 aromatic heterocycles. The van der Waals surface area contributed by atoms with Crippen LogP contribution < -0.4 is 16.2 Å². The summed E-state index contributed by atoms with van der Waals surface area (Å²) < 4.78 is 8.30. The maximum absolute atomic E-state index is 12.9. The highest BCUT2D eigenvalue weighted by atomic mass is 32.2. The van der Waals surface area contributed by atoms with Crippen LogP contribution in [0.3, 0.4) is 0 Å². The summed E-state index contributed by atoms with van der Waals surface area (Å²) >= 11 is 1.13. The van der Waals surface area contributed by atoms with E-state index in [1.165, 1.54) is 4.68 Å². The molecular weight excluding hydrogens is 468 g/mol. The first-order valence-corrected chi connectivity index (χ1v) is 12.2. The van der Waals surface area contributed by atoms with Gasteiger partial charge in [0, 0.05) is 12.7 Å². The minimum atomic E-state index is -0.427. The van der Waals surface area contributed by atoms with Crippen molar-refractivity contribution in [1.29, 1.82) is 0 Å². The third-order valence-corrected chi connectivity index (χ3v) is 5.96. The molecule has 35 heavy (non-hydrogen) atoms. The Morgan fingerprint density at radius 2 is 1.54 bits per heavy atom. The Kier molecular flexibility index (Phi) is 8.53. The largest absolute Gasteiger partial charge is 0.459 e. The molecule has 3 rings (SSSR count). The van der Waals surface area contributed by atoms with E-state index in [0.29, 0.717) is 22.6 Å². The topological polar surface area (TPSA) is 111 Å². The van der Waals surface area contributed by atoms with Gasteiger partial charge in [0.1, 0.15) is 5.69 Å². The Bertz CT molecular complexity index is 1260. The van der Waals surface area contributed by atoms with Crippen molar-refractivity contribution < 1.29 is 19.1 Å². The molecule has 2 aromatic carbocycles.